The average Bonchev–Trinajstić information content (AvgIpc) is 2.96. The molecular weight excluding hydrogens is 555 g/mol. The van der Waals surface area contributed by atoms with Gasteiger partial charge in [0.1, 0.15) is 0 Å². The molecule has 0 saturated carbocycles. The predicted molar refractivity (Wildman–Crippen MR) is 172 cm³/mol. The van der Waals surface area contributed by atoms with Crippen LogP contribution in [-0.2, 0) is 18.4 Å². The molecule has 4 unspecified atom stereocenters. The zero-order chi connectivity index (χ0) is 31.3. The number of hydrogen-bond acceptors (Lipinski definition) is 7. The molecule has 0 rings (SSSR count). The fourth-order valence-electron chi connectivity index (χ4n) is 4.54. The van der Waals surface area contributed by atoms with Crippen molar-refractivity contribution in [2.24, 2.45) is 5.73 Å². The van der Waals surface area contributed by atoms with E-state index in [1.165, 1.54) is 70.6 Å². The molecule has 0 aliphatic heterocycles. The molecule has 0 aliphatic carbocycles. The number of phosphoric ester groups is 1. The highest BCUT2D eigenvalue weighted by atomic mass is 31.2. The highest BCUT2D eigenvalue weighted by molar-refractivity contribution is 7.47. The first-order chi connectivity index (χ1) is 20.3. The minimum atomic E-state index is -4.39. The van der Waals surface area contributed by atoms with Crippen LogP contribution in [0.1, 0.15) is 136 Å². The van der Waals surface area contributed by atoms with Crippen molar-refractivity contribution >= 4 is 13.7 Å². The number of nitrogens with one attached hydrogen (secondary N) is 1. The molecule has 42 heavy (non-hydrogen) atoms. The van der Waals surface area contributed by atoms with E-state index in [-0.39, 0.29) is 19.6 Å². The second-order valence-corrected chi connectivity index (χ2v) is 12.7. The number of phosphoric acid groups is 1. The first-order valence-electron chi connectivity index (χ1n) is 16.5. The molecule has 0 radical (unpaired) electrons. The molecule has 0 aromatic rings. The van der Waals surface area contributed by atoms with Crippen molar-refractivity contribution < 1.29 is 33.5 Å². The molecule has 9 nitrogen and oxygen atoms in total. The Morgan fingerprint density at radius 3 is 1.98 bits per heavy atom. The molecule has 10 heteroatoms. The number of aliphatic hydroxyl groups is 2. The Hall–Kier alpha value is -1.06. The van der Waals surface area contributed by atoms with Gasteiger partial charge in [-0.1, -0.05) is 122 Å². The zero-order valence-corrected chi connectivity index (χ0v) is 27.5. The summed E-state index contributed by atoms with van der Waals surface area (Å²) in [5.74, 6) is -0.462. The van der Waals surface area contributed by atoms with Gasteiger partial charge in [-0.3, -0.25) is 13.8 Å². The Balaban J connectivity index is 4.63. The number of allylic oxidation sites excluding steroid dienone is 3. The van der Waals surface area contributed by atoms with Gasteiger partial charge < -0.3 is 26.2 Å². The summed E-state index contributed by atoms with van der Waals surface area (Å²) < 4.78 is 21.8. The van der Waals surface area contributed by atoms with E-state index in [9.17, 15) is 24.5 Å². The Bertz CT molecular complexity index is 736. The third-order valence-electron chi connectivity index (χ3n) is 7.08. The summed E-state index contributed by atoms with van der Waals surface area (Å²) in [5.41, 5.74) is 5.32. The van der Waals surface area contributed by atoms with Crippen LogP contribution >= 0.6 is 7.82 Å². The number of carbonyl (C=O) groups excluding carboxylic acids is 1. The lowest BCUT2D eigenvalue weighted by molar-refractivity contribution is -0.124. The summed E-state index contributed by atoms with van der Waals surface area (Å²) >= 11 is 0. The number of carbonyl (C=O) groups is 1. The topological polar surface area (TPSA) is 151 Å². The number of unbranched alkanes of at least 4 members (excludes halogenated alkanes) is 14. The van der Waals surface area contributed by atoms with Crippen LogP contribution < -0.4 is 11.1 Å². The summed E-state index contributed by atoms with van der Waals surface area (Å²) in [6.45, 7) is 3.86. The molecule has 0 fully saturated rings. The molecule has 1 amide bonds. The van der Waals surface area contributed by atoms with Crippen LogP contribution in [-0.4, -0.2) is 59.0 Å². The van der Waals surface area contributed by atoms with Crippen LogP contribution in [0.5, 0.6) is 0 Å². The van der Waals surface area contributed by atoms with Crippen LogP contribution in [0, 0.1) is 0 Å². The zero-order valence-electron chi connectivity index (χ0n) is 26.6. The third kappa shape index (κ3) is 26.6. The third-order valence-corrected chi connectivity index (χ3v) is 8.07. The van der Waals surface area contributed by atoms with Crippen molar-refractivity contribution in [1.29, 1.82) is 0 Å². The van der Waals surface area contributed by atoms with Gasteiger partial charge in [-0.25, -0.2) is 4.57 Å². The van der Waals surface area contributed by atoms with Gasteiger partial charge in [0.05, 0.1) is 37.9 Å². The van der Waals surface area contributed by atoms with Gasteiger partial charge in [0.15, 0.2) is 0 Å². The average molecular weight is 619 g/mol. The minimum Gasteiger partial charge on any atom is -0.393 e. The van der Waals surface area contributed by atoms with Crippen molar-refractivity contribution in [2.75, 3.05) is 19.8 Å². The smallest absolute Gasteiger partial charge is 0.393 e. The quantitative estimate of drug-likeness (QED) is 0.0333. The highest BCUT2D eigenvalue weighted by Gasteiger charge is 2.27. The molecule has 0 heterocycles. The standard InChI is InChI=1S/C32H63N2O7P/c1-3-5-7-9-11-13-14-15-16-18-20-22-24-31(36)30(28-41-42(38,39)40-26-25-33)34-32(37)27-29(35)23-21-19-17-12-10-8-6-4-2/h15-16,22,24,29-31,35-36H,3-14,17-21,23,25-28,33H2,1-2H3,(H,34,37)(H,38,39)/b16-15+,24-22+. The normalized spacial score (nSPS) is 15.7. The maximum atomic E-state index is 12.6. The second-order valence-electron chi connectivity index (χ2n) is 11.2. The van der Waals surface area contributed by atoms with E-state index in [0.717, 1.165) is 32.1 Å². The molecular formula is C32H63N2O7P. The Morgan fingerprint density at radius 2 is 1.36 bits per heavy atom. The van der Waals surface area contributed by atoms with Crippen LogP contribution in [0.25, 0.3) is 0 Å². The van der Waals surface area contributed by atoms with E-state index in [4.69, 9.17) is 14.8 Å². The van der Waals surface area contributed by atoms with Gasteiger partial charge in [0.2, 0.25) is 5.91 Å². The first-order valence-corrected chi connectivity index (χ1v) is 18.0. The number of aliphatic hydroxyl groups excluding tert-OH is 2. The fraction of sp³-hybridized carbons (Fsp3) is 0.844. The predicted octanol–water partition coefficient (Wildman–Crippen LogP) is 6.85. The molecule has 248 valence electrons. The van der Waals surface area contributed by atoms with Gasteiger partial charge in [-0.15, -0.1) is 0 Å². The largest absolute Gasteiger partial charge is 0.472 e. The molecule has 0 saturated heterocycles. The van der Waals surface area contributed by atoms with Gasteiger partial charge in [-0.2, -0.15) is 0 Å². The second kappa shape index (κ2) is 28.7. The van der Waals surface area contributed by atoms with Crippen molar-refractivity contribution in [3.05, 3.63) is 24.3 Å². The lowest BCUT2D eigenvalue weighted by Gasteiger charge is -2.24. The van der Waals surface area contributed by atoms with Crippen LogP contribution in [0.3, 0.4) is 0 Å². The van der Waals surface area contributed by atoms with E-state index in [1.807, 2.05) is 6.08 Å². The van der Waals surface area contributed by atoms with Crippen LogP contribution in [0.4, 0.5) is 0 Å². The van der Waals surface area contributed by atoms with Gasteiger partial charge in [0.25, 0.3) is 0 Å². The van der Waals surface area contributed by atoms with Crippen LogP contribution in [0.15, 0.2) is 24.3 Å². The lowest BCUT2D eigenvalue weighted by atomic mass is 10.0. The Kier molecular flexibility index (Phi) is 28.0. The summed E-state index contributed by atoms with van der Waals surface area (Å²) in [7, 11) is -4.39. The van der Waals surface area contributed by atoms with E-state index in [0.29, 0.717) is 12.8 Å². The number of nitrogens with two attached hydrogens (primary N) is 1. The lowest BCUT2D eigenvalue weighted by Crippen LogP contribution is -2.46. The minimum absolute atomic E-state index is 0.0452. The molecule has 0 aromatic carbocycles. The maximum Gasteiger partial charge on any atom is 0.472 e. The molecule has 6 N–H and O–H groups in total. The van der Waals surface area contributed by atoms with Gasteiger partial charge >= 0.3 is 7.82 Å². The summed E-state index contributed by atoms with van der Waals surface area (Å²) in [4.78, 5) is 22.5. The summed E-state index contributed by atoms with van der Waals surface area (Å²) in [5, 5.41) is 23.7. The van der Waals surface area contributed by atoms with E-state index in [1.54, 1.807) is 6.08 Å². The number of rotatable bonds is 30. The van der Waals surface area contributed by atoms with Gasteiger partial charge in [-0.05, 0) is 32.1 Å². The van der Waals surface area contributed by atoms with Crippen LogP contribution in [0.2, 0.25) is 0 Å². The molecule has 0 aliphatic rings. The van der Waals surface area contributed by atoms with Gasteiger partial charge in [0, 0.05) is 6.54 Å². The fourth-order valence-corrected chi connectivity index (χ4v) is 5.30. The number of amides is 1. The highest BCUT2D eigenvalue weighted by Crippen LogP contribution is 2.43. The van der Waals surface area contributed by atoms with Crippen molar-refractivity contribution in [2.45, 2.75) is 154 Å². The summed E-state index contributed by atoms with van der Waals surface area (Å²) in [6.07, 6.45) is 25.6. The maximum absolute atomic E-state index is 12.6. The molecule has 0 spiro atoms. The van der Waals surface area contributed by atoms with E-state index >= 15 is 0 Å². The van der Waals surface area contributed by atoms with E-state index in [2.05, 4.69) is 31.3 Å². The van der Waals surface area contributed by atoms with Crippen molar-refractivity contribution in [1.82, 2.24) is 5.32 Å². The first kappa shape index (κ1) is 40.9. The van der Waals surface area contributed by atoms with E-state index < -0.39 is 38.6 Å². The summed E-state index contributed by atoms with van der Waals surface area (Å²) in [6, 6.07) is -0.991. The monoisotopic (exact) mass is 618 g/mol. The van der Waals surface area contributed by atoms with Crippen molar-refractivity contribution in [3.8, 4) is 0 Å². The Morgan fingerprint density at radius 1 is 0.810 bits per heavy atom. The molecule has 0 aromatic heterocycles. The SMILES string of the molecule is CCCCCCCC/C=C/CC/C=C/C(O)C(COP(=O)(O)OCCN)NC(=O)CC(O)CCCCCCCCCC. The van der Waals surface area contributed by atoms with Crippen molar-refractivity contribution in [3.63, 3.8) is 0 Å². The number of hydrogen-bond donors (Lipinski definition) is 5. The Labute approximate surface area is 256 Å². The molecule has 0 bridgehead atoms. The molecule has 4 atom stereocenters.